The van der Waals surface area contributed by atoms with Gasteiger partial charge in [0.1, 0.15) is 6.54 Å². The van der Waals surface area contributed by atoms with E-state index in [-0.39, 0.29) is 17.3 Å². The number of rotatable bonds is 10. The summed E-state index contributed by atoms with van der Waals surface area (Å²) < 4.78 is 6.55. The summed E-state index contributed by atoms with van der Waals surface area (Å²) in [6, 6.07) is 8.05. The molecule has 152 valence electrons. The Labute approximate surface area is 168 Å². The van der Waals surface area contributed by atoms with Crippen LogP contribution in [0.2, 0.25) is 0 Å². The average Bonchev–Trinajstić information content (AvgIpc) is 3.32. The van der Waals surface area contributed by atoms with Crippen molar-refractivity contribution in [1.82, 2.24) is 14.8 Å². The van der Waals surface area contributed by atoms with E-state index in [1.807, 2.05) is 12.1 Å². The third-order valence-electron chi connectivity index (χ3n) is 4.79. The zero-order chi connectivity index (χ0) is 19.8. The molecular weight excluding hydrogens is 378 g/mol. The number of quaternary nitrogens is 1. The second-order valence-corrected chi connectivity index (χ2v) is 7.92. The molecule has 3 rings (SSSR count). The molecule has 1 aromatic heterocycles. The van der Waals surface area contributed by atoms with Crippen LogP contribution in [0.4, 0.5) is 5.69 Å². The number of carbonyl (C=O) groups excluding carboxylic acids is 1. The lowest BCUT2D eigenvalue weighted by molar-refractivity contribution is -0.901. The molecule has 1 aliphatic rings. The average molecular weight is 407 g/mol. The fourth-order valence-electron chi connectivity index (χ4n) is 3.35. The van der Waals surface area contributed by atoms with Gasteiger partial charge in [0.05, 0.1) is 18.8 Å². The Morgan fingerprint density at radius 2 is 2.07 bits per heavy atom. The SMILES string of the molecule is COCCCn1c(SCC(=O)Nc2ccc(C[NH+]3CCCC3)cc2)n[nH]c1=O. The molecule has 2 aromatic rings. The first-order valence-electron chi connectivity index (χ1n) is 9.65. The summed E-state index contributed by atoms with van der Waals surface area (Å²) in [6.07, 6.45) is 3.34. The van der Waals surface area contributed by atoms with Crippen molar-refractivity contribution in [1.29, 1.82) is 0 Å². The van der Waals surface area contributed by atoms with Crippen LogP contribution in [0.3, 0.4) is 0 Å². The summed E-state index contributed by atoms with van der Waals surface area (Å²) in [5.41, 5.74) is 1.81. The van der Waals surface area contributed by atoms with Crippen LogP contribution >= 0.6 is 11.8 Å². The Bertz CT molecular complexity index is 812. The van der Waals surface area contributed by atoms with Crippen LogP contribution in [0.5, 0.6) is 0 Å². The number of anilines is 1. The van der Waals surface area contributed by atoms with E-state index in [9.17, 15) is 9.59 Å². The number of thioether (sulfide) groups is 1. The quantitative estimate of drug-likeness (QED) is 0.395. The molecule has 28 heavy (non-hydrogen) atoms. The number of nitrogens with zero attached hydrogens (tertiary/aromatic N) is 2. The van der Waals surface area contributed by atoms with E-state index < -0.39 is 0 Å². The van der Waals surface area contributed by atoms with Crippen molar-refractivity contribution in [3.05, 3.63) is 40.3 Å². The summed E-state index contributed by atoms with van der Waals surface area (Å²) in [5.74, 6) is 0.0654. The molecule has 8 nitrogen and oxygen atoms in total. The maximum absolute atomic E-state index is 12.2. The van der Waals surface area contributed by atoms with Crippen LogP contribution in [-0.4, -0.2) is 53.2 Å². The number of H-pyrrole nitrogens is 1. The molecule has 0 unspecified atom stereocenters. The number of aromatic nitrogens is 3. The molecular formula is C19H28N5O3S+. The highest BCUT2D eigenvalue weighted by Gasteiger charge is 2.15. The molecule has 2 heterocycles. The van der Waals surface area contributed by atoms with E-state index in [0.717, 1.165) is 12.2 Å². The second-order valence-electron chi connectivity index (χ2n) is 6.98. The topological polar surface area (TPSA) is 93.4 Å². The van der Waals surface area contributed by atoms with E-state index in [2.05, 4.69) is 27.6 Å². The molecule has 0 saturated carbocycles. The summed E-state index contributed by atoms with van der Waals surface area (Å²) in [5, 5.41) is 9.85. The van der Waals surface area contributed by atoms with Crippen molar-refractivity contribution in [2.45, 2.75) is 37.5 Å². The molecule has 0 radical (unpaired) electrons. The molecule has 0 bridgehead atoms. The molecule has 1 fully saturated rings. The summed E-state index contributed by atoms with van der Waals surface area (Å²) in [7, 11) is 1.62. The van der Waals surface area contributed by atoms with Crippen molar-refractivity contribution in [3.63, 3.8) is 0 Å². The van der Waals surface area contributed by atoms with Gasteiger partial charge in [0.2, 0.25) is 5.91 Å². The molecule has 9 heteroatoms. The number of methoxy groups -OCH3 is 1. The van der Waals surface area contributed by atoms with Gasteiger partial charge in [-0.1, -0.05) is 23.9 Å². The van der Waals surface area contributed by atoms with Gasteiger partial charge in [-0.15, -0.1) is 5.10 Å². The number of likely N-dealkylation sites (tertiary alicyclic amines) is 1. The molecule has 0 aliphatic carbocycles. The number of carbonyl (C=O) groups is 1. The van der Waals surface area contributed by atoms with Crippen LogP contribution < -0.4 is 15.9 Å². The maximum atomic E-state index is 12.2. The first-order chi connectivity index (χ1) is 13.7. The van der Waals surface area contributed by atoms with E-state index in [0.29, 0.717) is 24.7 Å². The highest BCUT2D eigenvalue weighted by molar-refractivity contribution is 7.99. The Balaban J connectivity index is 1.47. The number of nitrogens with one attached hydrogen (secondary N) is 3. The fraction of sp³-hybridized carbons (Fsp3) is 0.526. The van der Waals surface area contributed by atoms with E-state index in [1.54, 1.807) is 12.0 Å². The minimum Gasteiger partial charge on any atom is -0.385 e. The Hall–Kier alpha value is -2.10. The Morgan fingerprint density at radius 3 is 2.79 bits per heavy atom. The summed E-state index contributed by atoms with van der Waals surface area (Å²) >= 11 is 1.24. The monoisotopic (exact) mass is 406 g/mol. The van der Waals surface area contributed by atoms with Crippen molar-refractivity contribution < 1.29 is 14.4 Å². The van der Waals surface area contributed by atoms with Gasteiger partial charge < -0.3 is 15.0 Å². The van der Waals surface area contributed by atoms with Crippen molar-refractivity contribution in [3.8, 4) is 0 Å². The molecule has 1 saturated heterocycles. The standard InChI is InChI=1S/C19H27N5O3S/c1-27-12-4-11-24-18(26)21-22-19(24)28-14-17(25)20-16-7-5-15(6-8-16)13-23-9-2-3-10-23/h5-8H,2-4,9-14H2,1H3,(H,20,25)(H,21,26)/p+1. The van der Waals surface area contributed by atoms with Crippen molar-refractivity contribution >= 4 is 23.4 Å². The van der Waals surface area contributed by atoms with Gasteiger partial charge in [0.25, 0.3) is 0 Å². The van der Waals surface area contributed by atoms with E-state index in [4.69, 9.17) is 4.74 Å². The first-order valence-corrected chi connectivity index (χ1v) is 10.6. The van der Waals surface area contributed by atoms with Gasteiger partial charge in [-0.05, 0) is 18.6 Å². The van der Waals surface area contributed by atoms with Crippen molar-refractivity contribution in [2.75, 3.05) is 37.9 Å². The molecule has 3 N–H and O–H groups in total. The van der Waals surface area contributed by atoms with Gasteiger partial charge in [-0.2, -0.15) is 0 Å². The number of benzene rings is 1. The zero-order valence-corrected chi connectivity index (χ0v) is 17.0. The van der Waals surface area contributed by atoms with Gasteiger partial charge in [0.15, 0.2) is 5.16 Å². The molecule has 1 aliphatic heterocycles. The fourth-order valence-corrected chi connectivity index (χ4v) is 4.12. The number of hydrogen-bond acceptors (Lipinski definition) is 5. The first kappa shape index (κ1) is 20.6. The molecule has 0 spiro atoms. The molecule has 1 amide bonds. The maximum Gasteiger partial charge on any atom is 0.343 e. The van der Waals surface area contributed by atoms with Gasteiger partial charge >= 0.3 is 5.69 Å². The third-order valence-corrected chi connectivity index (χ3v) is 5.76. The number of hydrogen-bond donors (Lipinski definition) is 3. The zero-order valence-electron chi connectivity index (χ0n) is 16.2. The van der Waals surface area contributed by atoms with Gasteiger partial charge in [0, 0.05) is 44.4 Å². The van der Waals surface area contributed by atoms with E-state index in [1.165, 1.54) is 47.8 Å². The highest BCUT2D eigenvalue weighted by atomic mass is 32.2. The van der Waals surface area contributed by atoms with Crippen LogP contribution in [-0.2, 0) is 22.6 Å². The number of ether oxygens (including phenoxy) is 1. The van der Waals surface area contributed by atoms with Crippen molar-refractivity contribution in [2.24, 2.45) is 0 Å². The lowest BCUT2D eigenvalue weighted by Crippen LogP contribution is -3.08. The lowest BCUT2D eigenvalue weighted by atomic mass is 10.2. The minimum absolute atomic E-state index is 0.123. The Morgan fingerprint density at radius 1 is 1.32 bits per heavy atom. The van der Waals surface area contributed by atoms with Crippen LogP contribution in [0, 0.1) is 0 Å². The predicted molar refractivity (Wildman–Crippen MR) is 109 cm³/mol. The largest absolute Gasteiger partial charge is 0.385 e. The van der Waals surface area contributed by atoms with Crippen LogP contribution in [0.25, 0.3) is 0 Å². The Kier molecular flexibility index (Phi) is 7.70. The van der Waals surface area contributed by atoms with Crippen LogP contribution in [0.1, 0.15) is 24.8 Å². The van der Waals surface area contributed by atoms with Gasteiger partial charge in [-0.3, -0.25) is 9.36 Å². The molecule has 1 aromatic carbocycles. The predicted octanol–water partition coefficient (Wildman–Crippen LogP) is 0.517. The smallest absolute Gasteiger partial charge is 0.343 e. The number of amides is 1. The second kappa shape index (κ2) is 10.4. The van der Waals surface area contributed by atoms with Gasteiger partial charge in [-0.25, -0.2) is 9.89 Å². The summed E-state index contributed by atoms with van der Waals surface area (Å²) in [4.78, 5) is 25.7. The lowest BCUT2D eigenvalue weighted by Gasteiger charge is -2.12. The van der Waals surface area contributed by atoms with Crippen LogP contribution in [0.15, 0.2) is 34.2 Å². The molecule has 0 atom stereocenters. The minimum atomic E-state index is -0.269. The third kappa shape index (κ3) is 5.95. The normalized spacial score (nSPS) is 14.5. The number of aromatic amines is 1. The van der Waals surface area contributed by atoms with E-state index >= 15 is 0 Å². The highest BCUT2D eigenvalue weighted by Crippen LogP contribution is 2.15. The summed E-state index contributed by atoms with van der Waals surface area (Å²) in [6.45, 7) is 4.62.